The first kappa shape index (κ1) is 49.1. The predicted molar refractivity (Wildman–Crippen MR) is 185 cm³/mol. The molecule has 6 N–H and O–H groups in total. The van der Waals surface area contributed by atoms with E-state index in [0.29, 0.717) is 25.7 Å². The molecular formula is C36H64O16. The maximum absolute atomic E-state index is 13.7. The lowest BCUT2D eigenvalue weighted by Gasteiger charge is -2.31. The van der Waals surface area contributed by atoms with Crippen LogP contribution in [-0.4, -0.2) is 129 Å². The van der Waals surface area contributed by atoms with Crippen molar-refractivity contribution in [3.05, 3.63) is 0 Å². The second-order valence-electron chi connectivity index (χ2n) is 13.7. The Labute approximate surface area is 307 Å². The van der Waals surface area contributed by atoms with Crippen molar-refractivity contribution in [3.8, 4) is 0 Å². The first-order chi connectivity index (χ1) is 24.3. The van der Waals surface area contributed by atoms with E-state index in [0.717, 1.165) is 0 Å². The summed E-state index contributed by atoms with van der Waals surface area (Å²) in [6.45, 7) is 14.8. The lowest BCUT2D eigenvalue weighted by atomic mass is 9.98. The van der Waals surface area contributed by atoms with Crippen LogP contribution in [0.3, 0.4) is 0 Å². The minimum absolute atomic E-state index is 0.279. The number of rotatable bonds is 25. The summed E-state index contributed by atoms with van der Waals surface area (Å²) in [5.74, 6) is -8.48. The number of hydrogen-bond acceptors (Lipinski definition) is 16. The Morgan fingerprint density at radius 1 is 0.423 bits per heavy atom. The van der Waals surface area contributed by atoms with Crippen LogP contribution in [0.15, 0.2) is 0 Å². The molecule has 0 aliphatic carbocycles. The van der Waals surface area contributed by atoms with Crippen LogP contribution in [0.1, 0.15) is 101 Å². The minimum atomic E-state index is -2.02. The van der Waals surface area contributed by atoms with Gasteiger partial charge < -0.3 is 54.3 Å². The van der Waals surface area contributed by atoms with Crippen molar-refractivity contribution in [1.82, 2.24) is 0 Å². The molecule has 0 radical (unpaired) electrons. The molecule has 0 saturated heterocycles. The zero-order chi connectivity index (χ0) is 40.5. The molecule has 0 amide bonds. The van der Waals surface area contributed by atoms with Gasteiger partial charge in [-0.05, 0) is 31.6 Å². The number of hydrogen-bond donors (Lipinski definition) is 6. The van der Waals surface area contributed by atoms with Crippen molar-refractivity contribution in [2.45, 2.75) is 156 Å². The normalized spacial score (nSPS) is 19.8. The van der Waals surface area contributed by atoms with Crippen molar-refractivity contribution in [1.29, 1.82) is 0 Å². The Kier molecular flexibility index (Phi) is 23.1. The summed E-state index contributed by atoms with van der Waals surface area (Å²) < 4.78 is 27.3. The maximum atomic E-state index is 13.7. The van der Waals surface area contributed by atoms with Gasteiger partial charge in [-0.25, -0.2) is 24.0 Å². The lowest BCUT2D eigenvalue weighted by Crippen LogP contribution is -2.50. The van der Waals surface area contributed by atoms with Gasteiger partial charge in [0.05, 0.1) is 13.2 Å². The van der Waals surface area contributed by atoms with Crippen LogP contribution in [0, 0.1) is 29.6 Å². The Hall–Kier alpha value is -2.89. The largest absolute Gasteiger partial charge is 0.454 e. The topological polar surface area (TPSA) is 253 Å². The zero-order valence-electron chi connectivity index (χ0n) is 32.3. The molecule has 0 fully saturated rings. The second kappa shape index (κ2) is 24.4. The molecule has 304 valence electrons. The minimum Gasteiger partial charge on any atom is -0.454 e. The van der Waals surface area contributed by atoms with Crippen LogP contribution >= 0.6 is 0 Å². The predicted octanol–water partition coefficient (Wildman–Crippen LogP) is 1.20. The Morgan fingerprint density at radius 3 is 0.981 bits per heavy atom. The van der Waals surface area contributed by atoms with Gasteiger partial charge in [-0.2, -0.15) is 0 Å². The summed E-state index contributed by atoms with van der Waals surface area (Å²) in [5, 5.41) is 59.2. The lowest BCUT2D eigenvalue weighted by molar-refractivity contribution is -0.199. The van der Waals surface area contributed by atoms with Crippen molar-refractivity contribution >= 4 is 29.8 Å². The van der Waals surface area contributed by atoms with E-state index in [1.165, 1.54) is 0 Å². The van der Waals surface area contributed by atoms with E-state index in [4.69, 9.17) is 28.8 Å². The molecule has 0 unspecified atom stereocenters. The van der Waals surface area contributed by atoms with Crippen LogP contribution in [0.2, 0.25) is 0 Å². The van der Waals surface area contributed by atoms with Crippen molar-refractivity contribution in [3.63, 3.8) is 0 Å². The fraction of sp³-hybridized carbons (Fsp3) is 0.861. The fourth-order valence-electron chi connectivity index (χ4n) is 4.66. The van der Waals surface area contributed by atoms with E-state index in [1.807, 2.05) is 0 Å². The molecule has 16 nitrogen and oxygen atoms in total. The third kappa shape index (κ3) is 14.5. The van der Waals surface area contributed by atoms with Crippen molar-refractivity contribution < 1.29 is 78.3 Å². The average molecular weight is 753 g/mol. The molecule has 0 bridgehead atoms. The number of aliphatic hydroxyl groups is 6. The first-order valence-electron chi connectivity index (χ1n) is 18.3. The highest BCUT2D eigenvalue weighted by Gasteiger charge is 2.42. The van der Waals surface area contributed by atoms with Crippen LogP contribution in [0.25, 0.3) is 0 Å². The van der Waals surface area contributed by atoms with E-state index < -0.39 is 128 Å². The van der Waals surface area contributed by atoms with Gasteiger partial charge in [0, 0.05) is 23.7 Å². The number of ether oxygens (including phenoxy) is 5. The molecule has 0 aliphatic rings. The maximum Gasteiger partial charge on any atom is 0.348 e. The highest BCUT2D eigenvalue weighted by atomic mass is 16.6. The van der Waals surface area contributed by atoms with Gasteiger partial charge in [0.25, 0.3) is 0 Å². The van der Waals surface area contributed by atoms with Gasteiger partial charge in [-0.15, -0.1) is 0 Å². The molecular weight excluding hydrogens is 688 g/mol. The van der Waals surface area contributed by atoms with E-state index in [-0.39, 0.29) is 6.42 Å². The van der Waals surface area contributed by atoms with Crippen molar-refractivity contribution in [2.24, 2.45) is 29.6 Å². The monoisotopic (exact) mass is 752 g/mol. The molecule has 0 spiro atoms. The summed E-state index contributed by atoms with van der Waals surface area (Å²) in [4.78, 5) is 66.7. The Morgan fingerprint density at radius 2 is 0.712 bits per heavy atom. The van der Waals surface area contributed by atoms with Crippen LogP contribution < -0.4 is 0 Å². The molecule has 14 atom stereocenters. The number of carbonyl (C=O) groups excluding carboxylic acids is 5. The molecule has 52 heavy (non-hydrogen) atoms. The van der Waals surface area contributed by atoms with E-state index in [1.54, 1.807) is 69.2 Å². The molecule has 0 aromatic carbocycles. The third-order valence-electron chi connectivity index (χ3n) is 9.73. The molecule has 0 aromatic rings. The van der Waals surface area contributed by atoms with Crippen molar-refractivity contribution in [2.75, 3.05) is 13.2 Å². The molecule has 0 heterocycles. The van der Waals surface area contributed by atoms with E-state index in [2.05, 4.69) is 0 Å². The second-order valence-corrected chi connectivity index (χ2v) is 13.7. The van der Waals surface area contributed by atoms with E-state index in [9.17, 15) is 49.5 Å². The van der Waals surface area contributed by atoms with Gasteiger partial charge in [0.1, 0.15) is 18.3 Å². The van der Waals surface area contributed by atoms with Gasteiger partial charge in [0.2, 0.25) is 24.4 Å². The third-order valence-corrected chi connectivity index (χ3v) is 9.73. The van der Waals surface area contributed by atoms with Gasteiger partial charge >= 0.3 is 29.8 Å². The molecule has 16 heteroatoms. The Balaban J connectivity index is 6.32. The summed E-state index contributed by atoms with van der Waals surface area (Å²) in [6.07, 6.45) is -13.6. The Bertz CT molecular complexity index is 1100. The number of carbonyl (C=O) groups is 5. The SMILES string of the molecule is CC[C@H](C)[C@@H](O)C(=O)O[C@@H](C(=O)O[C@@H](C(=O)O[C@@H](C(=O)O[C@@H](C(=O)O[C@H](CO)[C@@H](O)[C@H](O)[C@H](O)CO)[C@@H](C)CC)[C@@H](C)CC)[C@@H](C)CC)[C@@H](C)CC. The molecule has 0 saturated carbocycles. The number of aliphatic hydroxyl groups excluding tert-OH is 6. The molecule has 0 rings (SSSR count). The first-order valence-corrected chi connectivity index (χ1v) is 18.3. The average Bonchev–Trinajstić information content (AvgIpc) is 3.15. The van der Waals surface area contributed by atoms with Gasteiger partial charge in [-0.3, -0.25) is 0 Å². The van der Waals surface area contributed by atoms with Crippen LogP contribution in [0.5, 0.6) is 0 Å². The zero-order valence-corrected chi connectivity index (χ0v) is 32.3. The van der Waals surface area contributed by atoms with E-state index >= 15 is 0 Å². The quantitative estimate of drug-likeness (QED) is 0.0566. The van der Waals surface area contributed by atoms with Crippen LogP contribution in [0.4, 0.5) is 0 Å². The smallest absolute Gasteiger partial charge is 0.348 e. The highest BCUT2D eigenvalue weighted by molar-refractivity contribution is 5.87. The number of esters is 5. The van der Waals surface area contributed by atoms with Gasteiger partial charge in [-0.1, -0.05) is 75.7 Å². The standard InChI is InChI=1S/C36H64O16/c1-11-18(6)25(40)32(43)49-29(20(8)13-3)34(45)51-31(22(10)15-5)36(47)52-30(21(9)14-4)35(46)50-28(19(7)12-2)33(44)48-24(17-38)27(42)26(41)23(39)16-37/h18-31,37-42H,11-17H2,1-10H3/t18-,19-,20-,21-,22-,23+,24+,25+,26+,27+,28+,29+,30+,31+/m0/s1. The molecule has 0 aliphatic heterocycles. The molecule has 0 aromatic heterocycles. The fourth-order valence-corrected chi connectivity index (χ4v) is 4.66. The highest BCUT2D eigenvalue weighted by Crippen LogP contribution is 2.24. The van der Waals surface area contributed by atoms with Gasteiger partial charge in [0.15, 0.2) is 12.2 Å². The summed E-state index contributed by atoms with van der Waals surface area (Å²) >= 11 is 0. The summed E-state index contributed by atoms with van der Waals surface area (Å²) in [5.41, 5.74) is 0. The van der Waals surface area contributed by atoms with Crippen LogP contribution in [-0.2, 0) is 47.7 Å². The summed E-state index contributed by atoms with van der Waals surface area (Å²) in [6, 6.07) is 0. The summed E-state index contributed by atoms with van der Waals surface area (Å²) in [7, 11) is 0.